The fourth-order valence-electron chi connectivity index (χ4n) is 7.77. The van der Waals surface area contributed by atoms with Gasteiger partial charge in [0.2, 0.25) is 5.95 Å². The lowest BCUT2D eigenvalue weighted by Crippen LogP contribution is -2.40. The second kappa shape index (κ2) is 13.1. The van der Waals surface area contributed by atoms with Gasteiger partial charge in [-0.3, -0.25) is 9.59 Å². The highest BCUT2D eigenvalue weighted by Gasteiger charge is 2.35. The molecule has 48 heavy (non-hydrogen) atoms. The predicted molar refractivity (Wildman–Crippen MR) is 195 cm³/mol. The molecule has 0 bridgehead atoms. The predicted octanol–water partition coefficient (Wildman–Crippen LogP) is 7.95. The number of Topliss-reactive ketones (excluding diaryl/α,β-unsaturated/α-hetero) is 1. The van der Waals surface area contributed by atoms with Gasteiger partial charge < -0.3 is 20.1 Å². The van der Waals surface area contributed by atoms with Crippen LogP contribution in [0.5, 0.6) is 0 Å². The molecule has 1 amide bonds. The highest BCUT2D eigenvalue weighted by atomic mass is 79.9. The van der Waals surface area contributed by atoms with Crippen LogP contribution in [0.3, 0.4) is 0 Å². The summed E-state index contributed by atoms with van der Waals surface area (Å²) < 4.78 is 3.19. The number of anilines is 2. The molecule has 2 aromatic carbocycles. The van der Waals surface area contributed by atoms with Gasteiger partial charge in [-0.05, 0) is 105 Å². The molecular formula is C39H45BrN6O2. The Morgan fingerprint density at radius 3 is 2.42 bits per heavy atom. The number of carbonyl (C=O) groups excluding carboxylic acids is 2. The number of carbonyl (C=O) groups is 2. The van der Waals surface area contributed by atoms with E-state index in [2.05, 4.69) is 76.1 Å². The third-order valence-corrected chi connectivity index (χ3v) is 10.7. The van der Waals surface area contributed by atoms with Crippen molar-refractivity contribution < 1.29 is 9.59 Å². The van der Waals surface area contributed by atoms with Crippen LogP contribution >= 0.6 is 15.9 Å². The minimum Gasteiger partial charge on any atom is -0.362 e. The molecule has 0 aliphatic heterocycles. The fraction of sp³-hybridized carbons (Fsp3) is 0.436. The van der Waals surface area contributed by atoms with E-state index in [0.717, 1.165) is 89.4 Å². The topological polar surface area (TPSA) is 92.2 Å². The van der Waals surface area contributed by atoms with Crippen LogP contribution in [0.4, 0.5) is 11.8 Å². The summed E-state index contributed by atoms with van der Waals surface area (Å²) in [6.45, 7) is 4.30. The average Bonchev–Trinajstić information content (AvgIpc) is 3.44. The van der Waals surface area contributed by atoms with Crippen molar-refractivity contribution in [2.75, 3.05) is 24.3 Å². The number of hydrogen-bond donors (Lipinski definition) is 2. The first-order chi connectivity index (χ1) is 23.0. The van der Waals surface area contributed by atoms with E-state index in [1.807, 2.05) is 42.5 Å². The van der Waals surface area contributed by atoms with Crippen LogP contribution in [-0.4, -0.2) is 52.4 Å². The van der Waals surface area contributed by atoms with Crippen LogP contribution < -0.4 is 15.5 Å². The largest absolute Gasteiger partial charge is 0.362 e. The van der Waals surface area contributed by atoms with Crippen molar-refractivity contribution in [1.82, 2.24) is 19.9 Å². The van der Waals surface area contributed by atoms with E-state index in [1.54, 1.807) is 0 Å². The Morgan fingerprint density at radius 1 is 0.938 bits per heavy atom. The third kappa shape index (κ3) is 6.66. The van der Waals surface area contributed by atoms with E-state index in [4.69, 9.17) is 9.97 Å². The molecule has 1 fully saturated rings. The lowest BCUT2D eigenvalue weighted by atomic mass is 9.76. The monoisotopic (exact) mass is 708 g/mol. The molecule has 3 aliphatic rings. The van der Waals surface area contributed by atoms with Crippen LogP contribution in [-0.2, 0) is 19.3 Å². The van der Waals surface area contributed by atoms with E-state index in [1.165, 1.54) is 24.1 Å². The minimum atomic E-state index is -0.138. The van der Waals surface area contributed by atoms with Gasteiger partial charge in [0, 0.05) is 65.1 Å². The Morgan fingerprint density at radius 2 is 1.67 bits per heavy atom. The molecule has 2 heterocycles. The van der Waals surface area contributed by atoms with Gasteiger partial charge in [-0.2, -0.15) is 4.98 Å². The van der Waals surface area contributed by atoms with Crippen LogP contribution in [0.2, 0.25) is 0 Å². The van der Waals surface area contributed by atoms with Gasteiger partial charge in [0.25, 0.3) is 5.91 Å². The molecule has 7 rings (SSSR count). The fourth-order valence-corrected chi connectivity index (χ4v) is 8.03. The first-order valence-corrected chi connectivity index (χ1v) is 18.1. The minimum absolute atomic E-state index is 0.0653. The number of aryl methyl sites for hydroxylation is 1. The van der Waals surface area contributed by atoms with Gasteiger partial charge in [0.05, 0.1) is 11.4 Å². The van der Waals surface area contributed by atoms with E-state index in [9.17, 15) is 9.59 Å². The van der Waals surface area contributed by atoms with E-state index in [-0.39, 0.29) is 29.2 Å². The van der Waals surface area contributed by atoms with Crippen molar-refractivity contribution in [3.8, 4) is 16.9 Å². The van der Waals surface area contributed by atoms with E-state index in [0.29, 0.717) is 12.0 Å². The lowest BCUT2D eigenvalue weighted by molar-refractivity contribution is 0.0906. The van der Waals surface area contributed by atoms with Gasteiger partial charge in [-0.25, -0.2) is 4.98 Å². The molecule has 1 saturated carbocycles. The van der Waals surface area contributed by atoms with Gasteiger partial charge in [0.1, 0.15) is 5.82 Å². The Hall–Kier alpha value is -3.98. The summed E-state index contributed by atoms with van der Waals surface area (Å²) in [5, 5.41) is 6.94. The SMILES string of the molecule is CN(C)c1nc(NC2CCC(NC(=O)c3cccc(-n4c(-c5ccc(Br)cc5)cc5c4CC(C)(C)CC5=O)c3)CC2)nc2c1CCCC2. The van der Waals surface area contributed by atoms with Gasteiger partial charge in [-0.1, -0.05) is 48.0 Å². The molecule has 9 heteroatoms. The summed E-state index contributed by atoms with van der Waals surface area (Å²) in [5.41, 5.74) is 7.64. The number of ketones is 1. The van der Waals surface area contributed by atoms with Gasteiger partial charge in [0.15, 0.2) is 5.78 Å². The number of benzene rings is 2. The number of rotatable bonds is 7. The zero-order valence-corrected chi connectivity index (χ0v) is 30.0. The second-order valence-electron chi connectivity index (χ2n) is 14.8. The van der Waals surface area contributed by atoms with Crippen molar-refractivity contribution >= 4 is 39.4 Å². The maximum atomic E-state index is 13.7. The normalized spacial score (nSPS) is 20.1. The number of halogens is 1. The molecular weight excluding hydrogens is 664 g/mol. The molecule has 2 N–H and O–H groups in total. The molecule has 0 spiro atoms. The Labute approximate surface area is 291 Å². The summed E-state index contributed by atoms with van der Waals surface area (Å²) in [5.74, 6) is 1.87. The van der Waals surface area contributed by atoms with Crippen molar-refractivity contribution in [2.24, 2.45) is 5.41 Å². The molecule has 0 unspecified atom stereocenters. The molecule has 0 atom stereocenters. The molecule has 0 radical (unpaired) electrons. The first-order valence-electron chi connectivity index (χ1n) is 17.3. The zero-order chi connectivity index (χ0) is 33.6. The van der Waals surface area contributed by atoms with Crippen LogP contribution in [0, 0.1) is 5.41 Å². The standard InChI is InChI=1S/C39H45BrN6O2/c1-39(2)22-34-31(35(47)23-39)21-33(24-12-14-26(40)15-13-24)46(34)29-9-7-8-25(20-29)37(48)41-27-16-18-28(19-17-27)42-38-43-32-11-6-5-10-30(32)36(44-38)45(3)4/h7-9,12-15,20-21,27-28H,5-6,10-11,16-19,22-23H2,1-4H3,(H,41,48)(H,42,43,44). The Kier molecular flexibility index (Phi) is 8.92. The smallest absolute Gasteiger partial charge is 0.251 e. The zero-order valence-electron chi connectivity index (χ0n) is 28.4. The lowest BCUT2D eigenvalue weighted by Gasteiger charge is -2.31. The quantitative estimate of drug-likeness (QED) is 0.203. The number of nitrogens with zero attached hydrogens (tertiary/aromatic N) is 4. The summed E-state index contributed by atoms with van der Waals surface area (Å²) in [6, 6.07) is 18.4. The Bertz CT molecular complexity index is 1850. The van der Waals surface area contributed by atoms with Crippen LogP contribution in [0.1, 0.15) is 96.5 Å². The summed E-state index contributed by atoms with van der Waals surface area (Å²) in [4.78, 5) is 38.9. The molecule has 250 valence electrons. The van der Waals surface area contributed by atoms with Crippen LogP contribution in [0.25, 0.3) is 16.9 Å². The van der Waals surface area contributed by atoms with E-state index < -0.39 is 0 Å². The first kappa shape index (κ1) is 32.6. The molecule has 2 aromatic heterocycles. The molecule has 3 aliphatic carbocycles. The van der Waals surface area contributed by atoms with Gasteiger partial charge >= 0.3 is 0 Å². The maximum Gasteiger partial charge on any atom is 0.251 e. The Balaban J connectivity index is 1.07. The molecule has 4 aromatic rings. The number of amides is 1. The van der Waals surface area contributed by atoms with Crippen molar-refractivity contribution in [3.05, 3.63) is 87.1 Å². The number of hydrogen-bond acceptors (Lipinski definition) is 6. The number of fused-ring (bicyclic) bond motifs is 2. The van der Waals surface area contributed by atoms with Crippen molar-refractivity contribution in [1.29, 1.82) is 0 Å². The number of aromatic nitrogens is 3. The highest BCUT2D eigenvalue weighted by molar-refractivity contribution is 9.10. The maximum absolute atomic E-state index is 13.7. The summed E-state index contributed by atoms with van der Waals surface area (Å²) >= 11 is 3.55. The van der Waals surface area contributed by atoms with Gasteiger partial charge in [-0.15, -0.1) is 0 Å². The van der Waals surface area contributed by atoms with Crippen LogP contribution in [0.15, 0.2) is 59.1 Å². The number of nitrogens with one attached hydrogen (secondary N) is 2. The highest BCUT2D eigenvalue weighted by Crippen LogP contribution is 2.40. The van der Waals surface area contributed by atoms with E-state index >= 15 is 0 Å². The summed E-state index contributed by atoms with van der Waals surface area (Å²) in [7, 11) is 4.11. The van der Waals surface area contributed by atoms with Crippen molar-refractivity contribution in [2.45, 2.75) is 90.1 Å². The second-order valence-corrected chi connectivity index (χ2v) is 15.7. The van der Waals surface area contributed by atoms with Crippen molar-refractivity contribution in [3.63, 3.8) is 0 Å². The average molecular weight is 710 g/mol. The summed E-state index contributed by atoms with van der Waals surface area (Å²) in [6.07, 6.45) is 9.43. The molecule has 8 nitrogen and oxygen atoms in total. The third-order valence-electron chi connectivity index (χ3n) is 10.2. The molecule has 0 saturated heterocycles.